The van der Waals surface area contributed by atoms with Crippen molar-refractivity contribution in [3.8, 4) is 0 Å². The Morgan fingerprint density at radius 2 is 2.00 bits per heavy atom. The van der Waals surface area contributed by atoms with Crippen LogP contribution in [0.1, 0.15) is 28.5 Å². The van der Waals surface area contributed by atoms with E-state index in [0.29, 0.717) is 0 Å². The fraction of sp³-hybridized carbons (Fsp3) is 0.294. The number of ether oxygens (including phenoxy) is 1. The second-order valence-corrected chi connectivity index (χ2v) is 5.27. The number of carbonyl (C=O) groups is 2. The maximum atomic E-state index is 12.0. The van der Waals surface area contributed by atoms with Crippen LogP contribution in [0.4, 0.5) is 5.69 Å². The van der Waals surface area contributed by atoms with E-state index >= 15 is 0 Å². The van der Waals surface area contributed by atoms with Crippen LogP contribution in [0.3, 0.4) is 0 Å². The third-order valence-corrected chi connectivity index (χ3v) is 3.51. The van der Waals surface area contributed by atoms with Crippen LogP contribution in [0.2, 0.25) is 0 Å². The number of esters is 1. The molecule has 0 aliphatic rings. The van der Waals surface area contributed by atoms with Gasteiger partial charge in [-0.2, -0.15) is 5.10 Å². The molecule has 1 N–H and O–H groups in total. The fourth-order valence-corrected chi connectivity index (χ4v) is 2.19. The zero-order valence-corrected chi connectivity index (χ0v) is 13.8. The number of para-hydroxylation sites is 1. The van der Waals surface area contributed by atoms with Crippen LogP contribution in [0.15, 0.2) is 35.1 Å². The first-order valence-electron chi connectivity index (χ1n) is 7.52. The summed E-state index contributed by atoms with van der Waals surface area (Å²) in [6, 6.07) is 8.23. The maximum Gasteiger partial charge on any atom is 0.359 e. The van der Waals surface area contributed by atoms with Gasteiger partial charge in [0, 0.05) is 18.8 Å². The van der Waals surface area contributed by atoms with Crippen molar-refractivity contribution >= 4 is 17.6 Å². The highest BCUT2D eigenvalue weighted by Gasteiger charge is 2.14. The Balaban J connectivity index is 1.99. The molecule has 1 amide bonds. The van der Waals surface area contributed by atoms with Gasteiger partial charge in [0.1, 0.15) is 0 Å². The summed E-state index contributed by atoms with van der Waals surface area (Å²) in [6.45, 7) is 3.46. The minimum atomic E-state index is -0.763. The lowest BCUT2D eigenvalue weighted by atomic mass is 10.1. The second-order valence-electron chi connectivity index (χ2n) is 5.27. The zero-order chi connectivity index (χ0) is 17.7. The highest BCUT2D eigenvalue weighted by molar-refractivity contribution is 5.95. The van der Waals surface area contributed by atoms with E-state index < -0.39 is 18.5 Å². The molecule has 0 bridgehead atoms. The third kappa shape index (κ3) is 4.07. The molecule has 1 aromatic heterocycles. The predicted molar refractivity (Wildman–Crippen MR) is 88.9 cm³/mol. The number of amides is 1. The molecule has 2 rings (SSSR count). The number of aryl methyl sites for hydroxylation is 3. The number of aromatic nitrogens is 2. The molecule has 0 saturated heterocycles. The average molecular weight is 329 g/mol. The standard InChI is InChI=1S/C17H19N3O4/c1-4-12-7-5-6-11(2)16(12)18-14(21)10-24-17(23)13-8-9-15(22)20(3)19-13/h5-9H,4,10H2,1-3H3,(H,18,21). The molecule has 0 spiro atoms. The molecule has 7 nitrogen and oxygen atoms in total. The fourth-order valence-electron chi connectivity index (χ4n) is 2.19. The molecule has 7 heteroatoms. The topological polar surface area (TPSA) is 90.3 Å². The van der Waals surface area contributed by atoms with Gasteiger partial charge in [0.15, 0.2) is 12.3 Å². The summed E-state index contributed by atoms with van der Waals surface area (Å²) < 4.78 is 5.97. The average Bonchev–Trinajstić information content (AvgIpc) is 2.57. The van der Waals surface area contributed by atoms with Crippen LogP contribution in [0.25, 0.3) is 0 Å². The Labute approximate surface area is 139 Å². The lowest BCUT2D eigenvalue weighted by Gasteiger charge is -2.13. The number of hydrogen-bond donors (Lipinski definition) is 1. The number of anilines is 1. The van der Waals surface area contributed by atoms with Crippen molar-refractivity contribution in [1.82, 2.24) is 9.78 Å². The van der Waals surface area contributed by atoms with Gasteiger partial charge in [-0.15, -0.1) is 0 Å². The SMILES string of the molecule is CCc1cccc(C)c1NC(=O)COC(=O)c1ccc(=O)n(C)n1. The number of nitrogens with one attached hydrogen (secondary N) is 1. The maximum absolute atomic E-state index is 12.0. The number of carbonyl (C=O) groups excluding carboxylic acids is 2. The summed E-state index contributed by atoms with van der Waals surface area (Å²) in [5, 5.41) is 6.54. The van der Waals surface area contributed by atoms with Gasteiger partial charge >= 0.3 is 5.97 Å². The quantitative estimate of drug-likeness (QED) is 0.839. The normalized spacial score (nSPS) is 10.3. The second kappa shape index (κ2) is 7.54. The van der Waals surface area contributed by atoms with Crippen molar-refractivity contribution in [3.05, 3.63) is 57.5 Å². The van der Waals surface area contributed by atoms with Crippen molar-refractivity contribution in [1.29, 1.82) is 0 Å². The zero-order valence-electron chi connectivity index (χ0n) is 13.8. The Kier molecular flexibility index (Phi) is 5.47. The van der Waals surface area contributed by atoms with Crippen LogP contribution in [-0.4, -0.2) is 28.3 Å². The van der Waals surface area contributed by atoms with E-state index in [2.05, 4.69) is 10.4 Å². The van der Waals surface area contributed by atoms with E-state index in [4.69, 9.17) is 4.74 Å². The summed E-state index contributed by atoms with van der Waals surface area (Å²) in [5.74, 6) is -1.20. The van der Waals surface area contributed by atoms with Gasteiger partial charge in [-0.05, 0) is 30.5 Å². The summed E-state index contributed by atoms with van der Waals surface area (Å²) >= 11 is 0. The van der Waals surface area contributed by atoms with E-state index in [1.807, 2.05) is 32.0 Å². The molecule has 1 heterocycles. The highest BCUT2D eigenvalue weighted by atomic mass is 16.5. The third-order valence-electron chi connectivity index (χ3n) is 3.51. The monoisotopic (exact) mass is 329 g/mol. The number of benzene rings is 1. The Morgan fingerprint density at radius 1 is 1.25 bits per heavy atom. The molecular weight excluding hydrogens is 310 g/mol. The molecule has 0 saturated carbocycles. The molecule has 0 radical (unpaired) electrons. The lowest BCUT2D eigenvalue weighted by Crippen LogP contribution is -2.25. The molecule has 1 aromatic carbocycles. The molecule has 126 valence electrons. The van der Waals surface area contributed by atoms with Crippen LogP contribution < -0.4 is 10.9 Å². The Bertz CT molecular complexity index is 827. The van der Waals surface area contributed by atoms with Gasteiger partial charge in [-0.3, -0.25) is 9.59 Å². The predicted octanol–water partition coefficient (Wildman–Crippen LogP) is 1.45. The number of hydrogen-bond acceptors (Lipinski definition) is 5. The van der Waals surface area contributed by atoms with Gasteiger partial charge in [0.25, 0.3) is 11.5 Å². The summed E-state index contributed by atoms with van der Waals surface area (Å²) in [5.41, 5.74) is 2.32. The molecule has 24 heavy (non-hydrogen) atoms. The number of nitrogens with zero attached hydrogens (tertiary/aromatic N) is 2. The van der Waals surface area contributed by atoms with E-state index in [1.54, 1.807) is 0 Å². The molecule has 2 aromatic rings. The first-order chi connectivity index (χ1) is 11.4. The van der Waals surface area contributed by atoms with E-state index in [1.165, 1.54) is 19.2 Å². The highest BCUT2D eigenvalue weighted by Crippen LogP contribution is 2.20. The largest absolute Gasteiger partial charge is 0.451 e. The molecule has 0 aliphatic heterocycles. The molecule has 0 aliphatic carbocycles. The van der Waals surface area contributed by atoms with Gasteiger partial charge < -0.3 is 10.1 Å². The minimum Gasteiger partial charge on any atom is -0.451 e. The summed E-state index contributed by atoms with van der Waals surface area (Å²) in [6.07, 6.45) is 0.777. The summed E-state index contributed by atoms with van der Waals surface area (Å²) in [4.78, 5) is 35.1. The van der Waals surface area contributed by atoms with E-state index in [9.17, 15) is 14.4 Å². The van der Waals surface area contributed by atoms with E-state index in [0.717, 1.165) is 27.9 Å². The summed E-state index contributed by atoms with van der Waals surface area (Å²) in [7, 11) is 1.43. The first kappa shape index (κ1) is 17.4. The van der Waals surface area contributed by atoms with Crippen LogP contribution >= 0.6 is 0 Å². The smallest absolute Gasteiger partial charge is 0.359 e. The van der Waals surface area contributed by atoms with Crippen molar-refractivity contribution in [3.63, 3.8) is 0 Å². The Morgan fingerprint density at radius 3 is 2.67 bits per heavy atom. The van der Waals surface area contributed by atoms with Crippen LogP contribution in [0, 0.1) is 6.92 Å². The molecule has 0 atom stereocenters. The minimum absolute atomic E-state index is 0.0324. The Hall–Kier alpha value is -2.96. The lowest BCUT2D eigenvalue weighted by molar-refractivity contribution is -0.119. The van der Waals surface area contributed by atoms with Crippen molar-refractivity contribution in [2.75, 3.05) is 11.9 Å². The van der Waals surface area contributed by atoms with Gasteiger partial charge in [-0.25, -0.2) is 9.48 Å². The van der Waals surface area contributed by atoms with Crippen molar-refractivity contribution in [2.45, 2.75) is 20.3 Å². The number of rotatable bonds is 5. The van der Waals surface area contributed by atoms with Crippen LogP contribution in [-0.2, 0) is 23.0 Å². The molecular formula is C17H19N3O4. The van der Waals surface area contributed by atoms with E-state index in [-0.39, 0.29) is 11.3 Å². The van der Waals surface area contributed by atoms with Gasteiger partial charge in [-0.1, -0.05) is 25.1 Å². The van der Waals surface area contributed by atoms with Crippen molar-refractivity contribution < 1.29 is 14.3 Å². The first-order valence-corrected chi connectivity index (χ1v) is 7.52. The van der Waals surface area contributed by atoms with Crippen LogP contribution in [0.5, 0.6) is 0 Å². The molecule has 0 fully saturated rings. The van der Waals surface area contributed by atoms with Crippen molar-refractivity contribution in [2.24, 2.45) is 7.05 Å². The van der Waals surface area contributed by atoms with Gasteiger partial charge in [0.05, 0.1) is 0 Å². The van der Waals surface area contributed by atoms with Gasteiger partial charge in [0.2, 0.25) is 0 Å². The molecule has 0 unspecified atom stereocenters.